The quantitative estimate of drug-likeness (QED) is 0.652. The predicted molar refractivity (Wildman–Crippen MR) is 54.3 cm³/mol. The number of carbonyl (C=O) groups is 1. The molecular formula is C9H16N4O2. The summed E-state index contributed by atoms with van der Waals surface area (Å²) in [7, 11) is 0. The van der Waals surface area contributed by atoms with Gasteiger partial charge in [-0.2, -0.15) is 4.98 Å². The van der Waals surface area contributed by atoms with Gasteiger partial charge < -0.3 is 15.6 Å². The number of nitrogens with one attached hydrogen (secondary N) is 1. The van der Waals surface area contributed by atoms with Crippen LogP contribution in [0.15, 0.2) is 4.52 Å². The lowest BCUT2D eigenvalue weighted by molar-refractivity contribution is 0.0942. The minimum Gasteiger partial charge on any atom is -0.349 e. The van der Waals surface area contributed by atoms with E-state index in [1.165, 1.54) is 0 Å². The van der Waals surface area contributed by atoms with E-state index in [2.05, 4.69) is 15.5 Å². The van der Waals surface area contributed by atoms with E-state index in [0.717, 1.165) is 12.8 Å². The molecule has 6 heteroatoms. The Morgan fingerprint density at radius 1 is 1.53 bits per heavy atom. The third-order valence-corrected chi connectivity index (χ3v) is 1.85. The molecule has 0 aliphatic heterocycles. The first kappa shape index (κ1) is 11.6. The van der Waals surface area contributed by atoms with Gasteiger partial charge in [0.05, 0.1) is 0 Å². The molecule has 0 spiro atoms. The molecule has 0 saturated carbocycles. The number of hydrogen-bond donors (Lipinski definition) is 2. The van der Waals surface area contributed by atoms with Gasteiger partial charge in [0.2, 0.25) is 5.89 Å². The number of aryl methyl sites for hydroxylation is 1. The highest BCUT2D eigenvalue weighted by atomic mass is 16.5. The minimum absolute atomic E-state index is 0.0969. The molecule has 0 aliphatic rings. The van der Waals surface area contributed by atoms with Crippen molar-refractivity contribution in [2.75, 3.05) is 13.1 Å². The van der Waals surface area contributed by atoms with Crippen molar-refractivity contribution in [3.63, 3.8) is 0 Å². The number of nitrogens with zero attached hydrogens (tertiary/aromatic N) is 2. The third-order valence-electron chi connectivity index (χ3n) is 1.85. The molecular weight excluding hydrogens is 196 g/mol. The van der Waals surface area contributed by atoms with Crippen LogP contribution in [0.25, 0.3) is 0 Å². The van der Waals surface area contributed by atoms with Gasteiger partial charge in [-0.3, -0.25) is 4.79 Å². The van der Waals surface area contributed by atoms with Crippen molar-refractivity contribution >= 4 is 5.91 Å². The maximum atomic E-state index is 11.3. The highest BCUT2D eigenvalue weighted by Gasteiger charge is 2.12. The molecule has 1 rings (SSSR count). The number of hydrogen-bond acceptors (Lipinski definition) is 5. The van der Waals surface area contributed by atoms with Crippen LogP contribution in [0, 0.1) is 0 Å². The van der Waals surface area contributed by atoms with Crippen LogP contribution in [0.5, 0.6) is 0 Å². The van der Waals surface area contributed by atoms with Gasteiger partial charge in [-0.1, -0.05) is 5.16 Å². The van der Waals surface area contributed by atoms with E-state index in [0.29, 0.717) is 25.4 Å². The van der Waals surface area contributed by atoms with E-state index in [1.54, 1.807) is 0 Å². The fourth-order valence-corrected chi connectivity index (χ4v) is 1.11. The Balaban J connectivity index is 2.45. The molecule has 0 fully saturated rings. The summed E-state index contributed by atoms with van der Waals surface area (Å²) in [5, 5.41) is 6.18. The summed E-state index contributed by atoms with van der Waals surface area (Å²) in [5.74, 6) is 0.288. The van der Waals surface area contributed by atoms with Gasteiger partial charge >= 0.3 is 0 Å². The Morgan fingerprint density at radius 2 is 2.33 bits per heavy atom. The number of rotatable bonds is 6. The molecule has 1 amide bonds. The van der Waals surface area contributed by atoms with Crippen molar-refractivity contribution in [2.24, 2.45) is 5.73 Å². The van der Waals surface area contributed by atoms with Gasteiger partial charge in [-0.05, 0) is 26.3 Å². The standard InChI is InChI=1S/C9H16N4O2/c1-2-11-9(14)8-12-7(15-13-8)5-3-4-6-10/h2-6,10H2,1H3,(H,11,14). The van der Waals surface area contributed by atoms with Crippen LogP contribution in [0.2, 0.25) is 0 Å². The summed E-state index contributed by atoms with van der Waals surface area (Å²) >= 11 is 0. The molecule has 1 aromatic heterocycles. The van der Waals surface area contributed by atoms with Crippen LogP contribution in [-0.4, -0.2) is 29.1 Å². The lowest BCUT2D eigenvalue weighted by atomic mass is 10.2. The third kappa shape index (κ3) is 3.67. The Labute approximate surface area is 88.2 Å². The summed E-state index contributed by atoms with van der Waals surface area (Å²) < 4.78 is 4.92. The Hall–Kier alpha value is -1.43. The second-order valence-corrected chi connectivity index (χ2v) is 3.12. The van der Waals surface area contributed by atoms with Crippen molar-refractivity contribution in [1.29, 1.82) is 0 Å². The summed E-state index contributed by atoms with van der Waals surface area (Å²) in [5.41, 5.74) is 5.35. The van der Waals surface area contributed by atoms with Crippen LogP contribution in [0.4, 0.5) is 0 Å². The van der Waals surface area contributed by atoms with Gasteiger partial charge in [0.1, 0.15) is 0 Å². The van der Waals surface area contributed by atoms with Crippen molar-refractivity contribution in [3.8, 4) is 0 Å². The van der Waals surface area contributed by atoms with E-state index in [9.17, 15) is 4.79 Å². The van der Waals surface area contributed by atoms with Crippen molar-refractivity contribution in [1.82, 2.24) is 15.5 Å². The first-order chi connectivity index (χ1) is 7.27. The zero-order valence-electron chi connectivity index (χ0n) is 8.82. The molecule has 84 valence electrons. The molecule has 15 heavy (non-hydrogen) atoms. The van der Waals surface area contributed by atoms with Crippen LogP contribution in [-0.2, 0) is 6.42 Å². The molecule has 6 nitrogen and oxygen atoms in total. The predicted octanol–water partition coefficient (Wildman–Crippen LogP) is 0.101. The molecule has 0 unspecified atom stereocenters. The maximum Gasteiger partial charge on any atom is 0.292 e. The summed E-state index contributed by atoms with van der Waals surface area (Å²) in [4.78, 5) is 15.2. The van der Waals surface area contributed by atoms with Crippen LogP contribution >= 0.6 is 0 Å². The van der Waals surface area contributed by atoms with Gasteiger partial charge in [-0.15, -0.1) is 0 Å². The molecule has 1 heterocycles. The Bertz CT molecular complexity index is 311. The number of amides is 1. The molecule has 1 aromatic rings. The fourth-order valence-electron chi connectivity index (χ4n) is 1.11. The van der Waals surface area contributed by atoms with Crippen molar-refractivity contribution in [3.05, 3.63) is 11.7 Å². The largest absolute Gasteiger partial charge is 0.349 e. The highest BCUT2D eigenvalue weighted by molar-refractivity contribution is 5.90. The topological polar surface area (TPSA) is 94.0 Å². The van der Waals surface area contributed by atoms with Crippen LogP contribution in [0.1, 0.15) is 36.3 Å². The molecule has 0 saturated heterocycles. The molecule has 0 aliphatic carbocycles. The Kier molecular flexibility index (Phi) is 4.76. The zero-order chi connectivity index (χ0) is 11.1. The fraction of sp³-hybridized carbons (Fsp3) is 0.667. The molecule has 0 bridgehead atoms. The average molecular weight is 212 g/mol. The van der Waals surface area contributed by atoms with E-state index < -0.39 is 0 Å². The van der Waals surface area contributed by atoms with Gasteiger partial charge in [0, 0.05) is 13.0 Å². The number of nitrogens with two attached hydrogens (primary N) is 1. The smallest absolute Gasteiger partial charge is 0.292 e. The van der Waals surface area contributed by atoms with Gasteiger partial charge in [-0.25, -0.2) is 0 Å². The van der Waals surface area contributed by atoms with Gasteiger partial charge in [0.15, 0.2) is 0 Å². The van der Waals surface area contributed by atoms with Crippen LogP contribution in [0.3, 0.4) is 0 Å². The van der Waals surface area contributed by atoms with E-state index in [4.69, 9.17) is 10.3 Å². The second-order valence-electron chi connectivity index (χ2n) is 3.12. The average Bonchev–Trinajstić information content (AvgIpc) is 2.67. The molecule has 0 aromatic carbocycles. The first-order valence-electron chi connectivity index (χ1n) is 5.08. The minimum atomic E-state index is -0.300. The summed E-state index contributed by atoms with van der Waals surface area (Å²) in [6.07, 6.45) is 2.48. The highest BCUT2D eigenvalue weighted by Crippen LogP contribution is 2.02. The molecule has 3 N–H and O–H groups in total. The second kappa shape index (κ2) is 6.13. The SMILES string of the molecule is CCNC(=O)c1noc(CCCCN)n1. The summed E-state index contributed by atoms with van der Waals surface area (Å²) in [6.45, 7) is 3.04. The zero-order valence-corrected chi connectivity index (χ0v) is 8.82. The first-order valence-corrected chi connectivity index (χ1v) is 5.08. The monoisotopic (exact) mass is 212 g/mol. The number of aromatic nitrogens is 2. The van der Waals surface area contributed by atoms with Crippen molar-refractivity contribution < 1.29 is 9.32 Å². The number of unbranched alkanes of at least 4 members (excludes halogenated alkanes) is 1. The normalized spacial score (nSPS) is 10.3. The number of carbonyl (C=O) groups excluding carboxylic acids is 1. The lowest BCUT2D eigenvalue weighted by Crippen LogP contribution is -2.23. The summed E-state index contributed by atoms with van der Waals surface area (Å²) in [6, 6.07) is 0. The maximum absolute atomic E-state index is 11.3. The lowest BCUT2D eigenvalue weighted by Gasteiger charge is -1.93. The van der Waals surface area contributed by atoms with E-state index in [-0.39, 0.29) is 11.7 Å². The van der Waals surface area contributed by atoms with Crippen LogP contribution < -0.4 is 11.1 Å². The van der Waals surface area contributed by atoms with E-state index >= 15 is 0 Å². The van der Waals surface area contributed by atoms with E-state index in [1.807, 2.05) is 6.92 Å². The molecule has 0 atom stereocenters. The van der Waals surface area contributed by atoms with Gasteiger partial charge in [0.25, 0.3) is 11.7 Å². The Morgan fingerprint density at radius 3 is 3.00 bits per heavy atom. The molecule has 0 radical (unpaired) electrons. The van der Waals surface area contributed by atoms with Crippen molar-refractivity contribution in [2.45, 2.75) is 26.2 Å².